The normalized spacial score (nSPS) is 16.9. The number of hydrogen-bond donors (Lipinski definition) is 1. The van der Waals surface area contributed by atoms with Gasteiger partial charge in [0.15, 0.2) is 5.76 Å². The fraction of sp³-hybridized carbons (Fsp3) is 0.346. The summed E-state index contributed by atoms with van der Waals surface area (Å²) in [5.41, 5.74) is 1.65. The van der Waals surface area contributed by atoms with Crippen LogP contribution in [0.4, 0.5) is 8.78 Å². The van der Waals surface area contributed by atoms with Crippen LogP contribution in [-0.4, -0.2) is 40.3 Å². The van der Waals surface area contributed by atoms with Gasteiger partial charge in [0.25, 0.3) is 12.3 Å². The van der Waals surface area contributed by atoms with E-state index in [0.29, 0.717) is 18.5 Å². The van der Waals surface area contributed by atoms with E-state index in [1.165, 1.54) is 24.5 Å². The van der Waals surface area contributed by atoms with E-state index in [1.807, 2.05) is 17.0 Å². The highest BCUT2D eigenvalue weighted by molar-refractivity contribution is 5.95. The second-order valence-corrected chi connectivity index (χ2v) is 8.50. The standard InChI is InChI=1S/C26H27F2N3O3.H2/c27-24(28)20-10-8-18(9-11-20)16-22(30-25(32)23-7-4-14-34-23)26(33)31-13-2-1-6-21(31)15-19-5-3-12-29-17-19;/h3-5,7-12,14,17,21-22,24H,1-2,6,13,15-16H2,(H,30,32);1H/t21?,22-;/m0./s1. The number of furan rings is 1. The summed E-state index contributed by atoms with van der Waals surface area (Å²) in [6.07, 6.45) is 5.99. The average molecular weight is 470 g/mol. The fourth-order valence-electron chi connectivity index (χ4n) is 4.37. The highest BCUT2D eigenvalue weighted by Crippen LogP contribution is 2.23. The summed E-state index contributed by atoms with van der Waals surface area (Å²) in [7, 11) is 0. The second-order valence-electron chi connectivity index (χ2n) is 8.50. The molecule has 1 aromatic carbocycles. The van der Waals surface area contributed by atoms with E-state index in [-0.39, 0.29) is 31.1 Å². The Kier molecular flexibility index (Phi) is 7.67. The van der Waals surface area contributed by atoms with E-state index in [4.69, 9.17) is 4.42 Å². The van der Waals surface area contributed by atoms with E-state index < -0.39 is 18.4 Å². The zero-order valence-electron chi connectivity index (χ0n) is 18.7. The number of piperidine rings is 1. The number of carbonyl (C=O) groups is 2. The Morgan fingerprint density at radius 1 is 1.12 bits per heavy atom. The monoisotopic (exact) mass is 469 g/mol. The van der Waals surface area contributed by atoms with Crippen LogP contribution in [0.15, 0.2) is 71.6 Å². The van der Waals surface area contributed by atoms with Gasteiger partial charge in [-0.05, 0) is 55.0 Å². The minimum atomic E-state index is -2.56. The fourth-order valence-corrected chi connectivity index (χ4v) is 4.37. The predicted octanol–water partition coefficient (Wildman–Crippen LogP) is 4.82. The highest BCUT2D eigenvalue weighted by Gasteiger charge is 2.33. The Bertz CT molecular complexity index is 1080. The van der Waals surface area contributed by atoms with Crippen LogP contribution in [0.2, 0.25) is 0 Å². The van der Waals surface area contributed by atoms with E-state index in [0.717, 1.165) is 24.8 Å². The first-order valence-corrected chi connectivity index (χ1v) is 11.4. The molecule has 3 aromatic rings. The molecule has 1 N–H and O–H groups in total. The Balaban J connectivity index is 0.00000342. The summed E-state index contributed by atoms with van der Waals surface area (Å²) < 4.78 is 31.1. The van der Waals surface area contributed by atoms with E-state index >= 15 is 0 Å². The van der Waals surface area contributed by atoms with Gasteiger partial charge in [0.05, 0.1) is 6.26 Å². The van der Waals surface area contributed by atoms with Crippen molar-refractivity contribution in [2.75, 3.05) is 6.54 Å². The van der Waals surface area contributed by atoms with Gasteiger partial charge in [-0.2, -0.15) is 0 Å². The number of pyridine rings is 1. The van der Waals surface area contributed by atoms with Gasteiger partial charge in [-0.25, -0.2) is 8.78 Å². The van der Waals surface area contributed by atoms with Gasteiger partial charge in [-0.15, -0.1) is 0 Å². The molecule has 0 bridgehead atoms. The number of carbonyl (C=O) groups excluding carboxylic acids is 2. The molecule has 0 saturated carbocycles. The van der Waals surface area contributed by atoms with Crippen LogP contribution in [-0.2, 0) is 17.6 Å². The van der Waals surface area contributed by atoms with E-state index in [2.05, 4.69) is 10.3 Å². The Hall–Kier alpha value is -3.55. The number of aromatic nitrogens is 1. The van der Waals surface area contributed by atoms with Crippen LogP contribution < -0.4 is 5.32 Å². The third kappa shape index (κ3) is 5.87. The molecule has 1 unspecified atom stereocenters. The first-order valence-electron chi connectivity index (χ1n) is 11.4. The van der Waals surface area contributed by atoms with Crippen molar-refractivity contribution in [3.8, 4) is 0 Å². The average Bonchev–Trinajstić information content (AvgIpc) is 3.40. The molecule has 2 amide bonds. The lowest BCUT2D eigenvalue weighted by atomic mass is 9.94. The molecule has 34 heavy (non-hydrogen) atoms. The second kappa shape index (κ2) is 11.0. The Morgan fingerprint density at radius 3 is 2.62 bits per heavy atom. The van der Waals surface area contributed by atoms with Crippen molar-refractivity contribution in [3.63, 3.8) is 0 Å². The lowest BCUT2D eigenvalue weighted by Gasteiger charge is -2.38. The smallest absolute Gasteiger partial charge is 0.287 e. The van der Waals surface area contributed by atoms with Gasteiger partial charge in [-0.3, -0.25) is 14.6 Å². The molecule has 180 valence electrons. The first kappa shape index (κ1) is 23.6. The summed E-state index contributed by atoms with van der Waals surface area (Å²) >= 11 is 0. The first-order chi connectivity index (χ1) is 16.5. The predicted molar refractivity (Wildman–Crippen MR) is 124 cm³/mol. The number of halogens is 2. The number of hydrogen-bond acceptors (Lipinski definition) is 4. The number of nitrogens with zero attached hydrogens (tertiary/aromatic N) is 2. The van der Waals surface area contributed by atoms with Crippen LogP contribution in [0.25, 0.3) is 0 Å². The molecule has 2 aromatic heterocycles. The molecule has 0 radical (unpaired) electrons. The molecule has 1 aliphatic rings. The summed E-state index contributed by atoms with van der Waals surface area (Å²) in [6.45, 7) is 0.598. The SMILES string of the molecule is O=C(N[C@@H](Cc1ccc(C(F)F)cc1)C(=O)N1CCCCC1Cc1cccnc1)c1ccco1.[HH]. The number of benzene rings is 1. The highest BCUT2D eigenvalue weighted by atomic mass is 19.3. The van der Waals surface area contributed by atoms with Crippen molar-refractivity contribution in [3.05, 3.63) is 89.6 Å². The lowest BCUT2D eigenvalue weighted by Crippen LogP contribution is -2.54. The molecular formula is C26H29F2N3O3. The number of likely N-dealkylation sites (tertiary alicyclic amines) is 1. The number of rotatable bonds is 8. The largest absolute Gasteiger partial charge is 0.459 e. The molecule has 8 heteroatoms. The molecule has 1 saturated heterocycles. The molecule has 4 rings (SSSR count). The van der Waals surface area contributed by atoms with Crippen molar-refractivity contribution in [2.24, 2.45) is 0 Å². The molecule has 1 fully saturated rings. The maximum absolute atomic E-state index is 13.7. The Morgan fingerprint density at radius 2 is 1.94 bits per heavy atom. The minimum Gasteiger partial charge on any atom is -0.459 e. The molecule has 1 aliphatic heterocycles. The van der Waals surface area contributed by atoms with Gasteiger partial charge >= 0.3 is 0 Å². The molecule has 2 atom stereocenters. The number of nitrogens with one attached hydrogen (secondary N) is 1. The Labute approximate surface area is 198 Å². The maximum atomic E-state index is 13.7. The summed E-state index contributed by atoms with van der Waals surface area (Å²) in [5, 5.41) is 2.80. The van der Waals surface area contributed by atoms with Gasteiger partial charge in [0.2, 0.25) is 5.91 Å². The van der Waals surface area contributed by atoms with Crippen LogP contribution in [0.3, 0.4) is 0 Å². The van der Waals surface area contributed by atoms with Crippen LogP contribution >= 0.6 is 0 Å². The summed E-state index contributed by atoms with van der Waals surface area (Å²) in [5.74, 6) is -0.573. The maximum Gasteiger partial charge on any atom is 0.287 e. The summed E-state index contributed by atoms with van der Waals surface area (Å²) in [4.78, 5) is 32.5. The van der Waals surface area contributed by atoms with Crippen molar-refractivity contribution >= 4 is 11.8 Å². The van der Waals surface area contributed by atoms with Crippen LogP contribution in [0.1, 0.15) is 54.4 Å². The summed E-state index contributed by atoms with van der Waals surface area (Å²) in [6, 6.07) is 12.0. The van der Waals surface area contributed by atoms with Crippen LogP contribution in [0, 0.1) is 0 Å². The molecule has 3 heterocycles. The van der Waals surface area contributed by atoms with Crippen molar-refractivity contribution in [1.29, 1.82) is 0 Å². The minimum absolute atomic E-state index is 0. The van der Waals surface area contributed by atoms with Crippen molar-refractivity contribution in [2.45, 2.75) is 50.6 Å². The number of amides is 2. The third-order valence-corrected chi connectivity index (χ3v) is 6.12. The topological polar surface area (TPSA) is 75.4 Å². The molecule has 6 nitrogen and oxygen atoms in total. The van der Waals surface area contributed by atoms with E-state index in [9.17, 15) is 18.4 Å². The van der Waals surface area contributed by atoms with Crippen molar-refractivity contribution < 1.29 is 24.2 Å². The van der Waals surface area contributed by atoms with Gasteiger partial charge in [0, 0.05) is 38.4 Å². The molecule has 0 spiro atoms. The zero-order chi connectivity index (χ0) is 23.9. The van der Waals surface area contributed by atoms with Gasteiger partial charge < -0.3 is 14.6 Å². The number of alkyl halides is 2. The van der Waals surface area contributed by atoms with Gasteiger partial charge in [-0.1, -0.05) is 30.3 Å². The van der Waals surface area contributed by atoms with Gasteiger partial charge in [0.1, 0.15) is 6.04 Å². The quantitative estimate of drug-likeness (QED) is 0.513. The lowest BCUT2D eigenvalue weighted by molar-refractivity contribution is -0.137. The molecule has 0 aliphatic carbocycles. The third-order valence-electron chi connectivity index (χ3n) is 6.12. The van der Waals surface area contributed by atoms with Crippen LogP contribution in [0.5, 0.6) is 0 Å². The molecular weight excluding hydrogens is 440 g/mol. The zero-order valence-corrected chi connectivity index (χ0v) is 18.7. The van der Waals surface area contributed by atoms with E-state index in [1.54, 1.807) is 30.6 Å². The van der Waals surface area contributed by atoms with Crippen molar-refractivity contribution in [1.82, 2.24) is 15.2 Å².